The monoisotopic (exact) mass is 271 g/mol. The van der Waals surface area contributed by atoms with E-state index in [2.05, 4.69) is 6.07 Å². The van der Waals surface area contributed by atoms with Crippen molar-refractivity contribution in [2.75, 3.05) is 0 Å². The quantitative estimate of drug-likeness (QED) is 0.790. The molecule has 0 saturated heterocycles. The van der Waals surface area contributed by atoms with Crippen LogP contribution in [-0.2, 0) is 6.42 Å². The van der Waals surface area contributed by atoms with Gasteiger partial charge >= 0.3 is 0 Å². The maximum atomic E-state index is 10.9. The van der Waals surface area contributed by atoms with E-state index < -0.39 is 0 Å². The van der Waals surface area contributed by atoms with Crippen molar-refractivity contribution in [3.8, 4) is 17.6 Å². The van der Waals surface area contributed by atoms with Gasteiger partial charge in [0.2, 0.25) is 0 Å². The van der Waals surface area contributed by atoms with E-state index in [1.807, 2.05) is 0 Å². The van der Waals surface area contributed by atoms with Crippen molar-refractivity contribution in [2.45, 2.75) is 6.42 Å². The minimum absolute atomic E-state index is 0.340. The topological polar surface area (TPSA) is 50.1 Å². The summed E-state index contributed by atoms with van der Waals surface area (Å²) in [6.07, 6.45) is 1.05. The Hall–Kier alpha value is -2.31. The second kappa shape index (κ2) is 6.03. The van der Waals surface area contributed by atoms with Crippen LogP contribution in [0.4, 0.5) is 0 Å². The molecule has 2 aromatic carbocycles. The second-order valence-electron chi connectivity index (χ2n) is 3.86. The third-order valence-electron chi connectivity index (χ3n) is 2.55. The normalized spacial score (nSPS) is 9.68. The van der Waals surface area contributed by atoms with E-state index in [0.717, 1.165) is 5.56 Å². The highest BCUT2D eigenvalue weighted by Crippen LogP contribution is 2.32. The molecule has 3 nitrogen and oxygen atoms in total. The van der Waals surface area contributed by atoms with Crippen molar-refractivity contribution >= 4 is 17.9 Å². The molecule has 0 heterocycles. The molecular formula is C15H10ClNO2. The Kier molecular flexibility index (Phi) is 4.17. The lowest BCUT2D eigenvalue weighted by molar-refractivity contribution is 0.112. The predicted octanol–water partition coefficient (Wildman–Crippen LogP) is 4.01. The van der Waals surface area contributed by atoms with Crippen LogP contribution in [-0.4, -0.2) is 6.29 Å². The number of halogens is 1. The molecule has 2 rings (SSSR count). The van der Waals surface area contributed by atoms with Gasteiger partial charge in [-0.25, -0.2) is 0 Å². The molecular weight excluding hydrogens is 262 g/mol. The molecule has 0 fully saturated rings. The first-order valence-electron chi connectivity index (χ1n) is 5.62. The van der Waals surface area contributed by atoms with E-state index in [9.17, 15) is 4.79 Å². The number of hydrogen-bond acceptors (Lipinski definition) is 3. The molecule has 0 bridgehead atoms. The number of nitrogens with zero attached hydrogens (tertiary/aromatic N) is 1. The average Bonchev–Trinajstić information content (AvgIpc) is 2.43. The van der Waals surface area contributed by atoms with Gasteiger partial charge in [-0.15, -0.1) is 0 Å². The molecule has 19 heavy (non-hydrogen) atoms. The maximum absolute atomic E-state index is 10.9. The Bertz CT molecular complexity index is 630. The standard InChI is InChI=1S/C15H10ClNO2/c16-14-3-1-2-12(10-18)15(14)19-13-6-4-11(5-7-13)8-9-17/h1-7,10H,8H2. The third-order valence-corrected chi connectivity index (χ3v) is 2.85. The smallest absolute Gasteiger partial charge is 0.156 e. The molecule has 2 aromatic rings. The summed E-state index contributed by atoms with van der Waals surface area (Å²) < 4.78 is 5.62. The van der Waals surface area contributed by atoms with Crippen LogP contribution in [0.1, 0.15) is 15.9 Å². The molecule has 0 atom stereocenters. The minimum Gasteiger partial charge on any atom is -0.455 e. The summed E-state index contributed by atoms with van der Waals surface area (Å²) in [6.45, 7) is 0. The van der Waals surface area contributed by atoms with Crippen molar-refractivity contribution in [1.29, 1.82) is 5.26 Å². The SMILES string of the molecule is N#CCc1ccc(Oc2c(Cl)cccc2C=O)cc1. The number of benzene rings is 2. The number of hydrogen-bond donors (Lipinski definition) is 0. The molecule has 94 valence electrons. The van der Waals surface area contributed by atoms with E-state index in [1.54, 1.807) is 42.5 Å². The molecule has 0 aliphatic rings. The van der Waals surface area contributed by atoms with Gasteiger partial charge < -0.3 is 4.74 Å². The summed E-state index contributed by atoms with van der Waals surface area (Å²) in [4.78, 5) is 10.9. The number of carbonyl (C=O) groups excluding carboxylic acids is 1. The lowest BCUT2D eigenvalue weighted by Crippen LogP contribution is -1.91. The molecule has 0 N–H and O–H groups in total. The second-order valence-corrected chi connectivity index (χ2v) is 4.26. The van der Waals surface area contributed by atoms with Crippen LogP contribution in [0.25, 0.3) is 0 Å². The Labute approximate surface area is 116 Å². The van der Waals surface area contributed by atoms with Gasteiger partial charge in [0, 0.05) is 0 Å². The molecule has 0 unspecified atom stereocenters. The summed E-state index contributed by atoms with van der Waals surface area (Å²) in [5.74, 6) is 0.907. The molecule has 0 aliphatic heterocycles. The fraction of sp³-hybridized carbons (Fsp3) is 0.0667. The maximum Gasteiger partial charge on any atom is 0.156 e. The van der Waals surface area contributed by atoms with Crippen molar-refractivity contribution in [3.63, 3.8) is 0 Å². The number of ether oxygens (including phenoxy) is 1. The van der Waals surface area contributed by atoms with Gasteiger partial charge in [0.1, 0.15) is 5.75 Å². The highest BCUT2D eigenvalue weighted by molar-refractivity contribution is 6.32. The highest BCUT2D eigenvalue weighted by atomic mass is 35.5. The summed E-state index contributed by atoms with van der Waals surface area (Å²) in [7, 11) is 0. The van der Waals surface area contributed by atoms with Gasteiger partial charge in [0.15, 0.2) is 12.0 Å². The van der Waals surface area contributed by atoms with Gasteiger partial charge in [0.05, 0.1) is 23.1 Å². The number of carbonyl (C=O) groups is 1. The van der Waals surface area contributed by atoms with Crippen LogP contribution < -0.4 is 4.74 Å². The van der Waals surface area contributed by atoms with Crippen LogP contribution in [0.15, 0.2) is 42.5 Å². The Morgan fingerprint density at radius 1 is 1.21 bits per heavy atom. The fourth-order valence-electron chi connectivity index (χ4n) is 1.61. The molecule has 0 amide bonds. The van der Waals surface area contributed by atoms with Crippen molar-refractivity contribution in [2.24, 2.45) is 0 Å². The van der Waals surface area contributed by atoms with E-state index in [4.69, 9.17) is 21.6 Å². The van der Waals surface area contributed by atoms with Crippen LogP contribution >= 0.6 is 11.6 Å². The number of rotatable bonds is 4. The molecule has 0 aromatic heterocycles. The third kappa shape index (κ3) is 3.12. The average molecular weight is 272 g/mol. The molecule has 0 spiro atoms. The van der Waals surface area contributed by atoms with Crippen molar-refractivity contribution in [1.82, 2.24) is 0 Å². The summed E-state index contributed by atoms with van der Waals surface area (Å²) >= 11 is 6.01. The Morgan fingerprint density at radius 3 is 2.58 bits per heavy atom. The number of para-hydroxylation sites is 1. The van der Waals surface area contributed by atoms with E-state index in [1.165, 1.54) is 0 Å². The first kappa shape index (κ1) is 13.1. The minimum atomic E-state index is 0.340. The predicted molar refractivity (Wildman–Crippen MR) is 72.7 cm³/mol. The van der Waals surface area contributed by atoms with Crippen molar-refractivity contribution in [3.05, 3.63) is 58.6 Å². The van der Waals surface area contributed by atoms with E-state index >= 15 is 0 Å². The van der Waals surface area contributed by atoms with Crippen LogP contribution in [0, 0.1) is 11.3 Å². The molecule has 0 aliphatic carbocycles. The van der Waals surface area contributed by atoms with Gasteiger partial charge in [-0.3, -0.25) is 4.79 Å². The zero-order valence-electron chi connectivity index (χ0n) is 9.97. The number of aldehydes is 1. The van der Waals surface area contributed by atoms with Crippen LogP contribution in [0.2, 0.25) is 5.02 Å². The van der Waals surface area contributed by atoms with E-state index in [0.29, 0.717) is 34.8 Å². The van der Waals surface area contributed by atoms with Gasteiger partial charge in [-0.2, -0.15) is 5.26 Å². The van der Waals surface area contributed by atoms with Gasteiger partial charge in [0.25, 0.3) is 0 Å². The summed E-state index contributed by atoms with van der Waals surface area (Å²) in [5.41, 5.74) is 1.30. The largest absolute Gasteiger partial charge is 0.455 e. The van der Waals surface area contributed by atoms with Crippen LogP contribution in [0.5, 0.6) is 11.5 Å². The first-order valence-corrected chi connectivity index (χ1v) is 6.00. The molecule has 0 radical (unpaired) electrons. The Morgan fingerprint density at radius 2 is 1.95 bits per heavy atom. The first-order chi connectivity index (χ1) is 9.24. The number of nitriles is 1. The van der Waals surface area contributed by atoms with E-state index in [-0.39, 0.29) is 0 Å². The fourth-order valence-corrected chi connectivity index (χ4v) is 1.83. The Balaban J connectivity index is 2.26. The summed E-state index contributed by atoms with van der Waals surface area (Å²) in [6, 6.07) is 14.1. The van der Waals surface area contributed by atoms with Gasteiger partial charge in [-0.05, 0) is 29.8 Å². The summed E-state index contributed by atoms with van der Waals surface area (Å²) in [5, 5.41) is 8.97. The zero-order chi connectivity index (χ0) is 13.7. The lowest BCUT2D eigenvalue weighted by Gasteiger charge is -2.09. The van der Waals surface area contributed by atoms with Gasteiger partial charge in [-0.1, -0.05) is 29.8 Å². The molecule has 4 heteroatoms. The highest BCUT2D eigenvalue weighted by Gasteiger charge is 2.08. The lowest BCUT2D eigenvalue weighted by atomic mass is 10.1. The zero-order valence-corrected chi connectivity index (χ0v) is 10.7. The van der Waals surface area contributed by atoms with Crippen LogP contribution in [0.3, 0.4) is 0 Å². The molecule has 0 saturated carbocycles. The van der Waals surface area contributed by atoms with Crippen molar-refractivity contribution < 1.29 is 9.53 Å².